The van der Waals surface area contributed by atoms with Crippen LogP contribution in [0.1, 0.15) is 25.8 Å². The van der Waals surface area contributed by atoms with E-state index in [1.807, 2.05) is 38.1 Å². The highest BCUT2D eigenvalue weighted by molar-refractivity contribution is 7.99. The fourth-order valence-corrected chi connectivity index (χ4v) is 5.01. The minimum absolute atomic E-state index is 0.0405. The van der Waals surface area contributed by atoms with E-state index in [1.54, 1.807) is 36.0 Å². The number of halogens is 1. The van der Waals surface area contributed by atoms with Crippen LogP contribution in [0.4, 0.5) is 0 Å². The predicted octanol–water partition coefficient (Wildman–Crippen LogP) is 4.17. The molecule has 1 N–H and O–H groups in total. The number of nitrogens with zero attached hydrogens (tertiary/aromatic N) is 1. The van der Waals surface area contributed by atoms with Gasteiger partial charge in [0, 0.05) is 41.7 Å². The maximum absolute atomic E-state index is 12.5. The molecule has 0 heterocycles. The molecular weight excluding hydrogens is 416 g/mol. The Bertz CT molecular complexity index is 865. The van der Waals surface area contributed by atoms with Crippen LogP contribution in [-0.2, 0) is 21.4 Å². The molecule has 5 nitrogen and oxygen atoms in total. The number of nitrogens with one attached hydrogen (secondary N) is 1. The van der Waals surface area contributed by atoms with Gasteiger partial charge in [-0.3, -0.25) is 4.79 Å². The Balaban J connectivity index is 1.80. The van der Waals surface area contributed by atoms with Crippen LogP contribution in [0.3, 0.4) is 0 Å². The number of hydrogen-bond donors (Lipinski definition) is 1. The molecule has 0 saturated carbocycles. The standard InChI is InChI=1S/C20H25ClN2O3S2/c1-3-23(4-2)28(25,26)19-11-5-16(6-12-19)15-22-20(24)13-14-27-18-9-7-17(21)8-10-18/h5-12H,3-4,13-15H2,1-2H3,(H,22,24). The second-order valence-corrected chi connectivity index (χ2v) is 9.61. The third kappa shape index (κ3) is 6.51. The highest BCUT2D eigenvalue weighted by Gasteiger charge is 2.21. The van der Waals surface area contributed by atoms with E-state index < -0.39 is 10.0 Å². The maximum atomic E-state index is 12.5. The molecule has 0 aromatic heterocycles. The van der Waals surface area contributed by atoms with Gasteiger partial charge in [-0.25, -0.2) is 8.42 Å². The number of rotatable bonds is 10. The largest absolute Gasteiger partial charge is 0.352 e. The van der Waals surface area contributed by atoms with Gasteiger partial charge in [-0.15, -0.1) is 11.8 Å². The first-order valence-electron chi connectivity index (χ1n) is 9.11. The summed E-state index contributed by atoms with van der Waals surface area (Å²) in [6.07, 6.45) is 0.404. The quantitative estimate of drug-likeness (QED) is 0.563. The van der Waals surface area contributed by atoms with Gasteiger partial charge in [-0.05, 0) is 42.0 Å². The van der Waals surface area contributed by atoms with Gasteiger partial charge >= 0.3 is 0 Å². The van der Waals surface area contributed by atoms with Crippen LogP contribution in [0.2, 0.25) is 5.02 Å². The van der Waals surface area contributed by atoms with E-state index in [0.717, 1.165) is 10.5 Å². The zero-order valence-electron chi connectivity index (χ0n) is 16.0. The molecule has 8 heteroatoms. The van der Waals surface area contributed by atoms with Crippen molar-refractivity contribution in [3.05, 3.63) is 59.1 Å². The van der Waals surface area contributed by atoms with E-state index in [4.69, 9.17) is 11.6 Å². The van der Waals surface area contributed by atoms with Crippen LogP contribution in [0.25, 0.3) is 0 Å². The van der Waals surface area contributed by atoms with Gasteiger partial charge in [-0.2, -0.15) is 4.31 Å². The lowest BCUT2D eigenvalue weighted by Crippen LogP contribution is -2.30. The van der Waals surface area contributed by atoms with Crippen molar-refractivity contribution in [2.45, 2.75) is 36.6 Å². The third-order valence-corrected chi connectivity index (χ3v) is 7.50. The van der Waals surface area contributed by atoms with Gasteiger partial charge in [0.25, 0.3) is 0 Å². The van der Waals surface area contributed by atoms with Gasteiger partial charge in [0.2, 0.25) is 15.9 Å². The summed E-state index contributed by atoms with van der Waals surface area (Å²) < 4.78 is 26.4. The minimum atomic E-state index is -3.46. The summed E-state index contributed by atoms with van der Waals surface area (Å²) in [4.78, 5) is 13.3. The van der Waals surface area contributed by atoms with E-state index in [-0.39, 0.29) is 10.8 Å². The lowest BCUT2D eigenvalue weighted by Gasteiger charge is -2.18. The highest BCUT2D eigenvalue weighted by atomic mass is 35.5. The minimum Gasteiger partial charge on any atom is -0.352 e. The Morgan fingerprint density at radius 2 is 1.64 bits per heavy atom. The van der Waals surface area contributed by atoms with Crippen LogP contribution in [0, 0.1) is 0 Å². The molecule has 0 atom stereocenters. The number of amides is 1. The second kappa shape index (κ2) is 10.9. The van der Waals surface area contributed by atoms with Crippen LogP contribution >= 0.6 is 23.4 Å². The van der Waals surface area contributed by atoms with Crippen LogP contribution in [-0.4, -0.2) is 37.5 Å². The van der Waals surface area contributed by atoms with Crippen LogP contribution in [0.15, 0.2) is 58.3 Å². The SMILES string of the molecule is CCN(CC)S(=O)(=O)c1ccc(CNC(=O)CCSc2ccc(Cl)cc2)cc1. The summed E-state index contributed by atoms with van der Waals surface area (Å²) in [7, 11) is -3.46. The Morgan fingerprint density at radius 3 is 2.21 bits per heavy atom. The van der Waals surface area contributed by atoms with E-state index >= 15 is 0 Å². The molecule has 0 spiro atoms. The molecule has 0 aliphatic carbocycles. The Hall–Kier alpha value is -1.54. The lowest BCUT2D eigenvalue weighted by atomic mass is 10.2. The van der Waals surface area contributed by atoms with Crippen LogP contribution < -0.4 is 5.32 Å². The monoisotopic (exact) mass is 440 g/mol. The summed E-state index contributed by atoms with van der Waals surface area (Å²) in [6.45, 7) is 4.87. The molecular formula is C20H25ClN2O3S2. The van der Waals surface area contributed by atoms with Crippen molar-refractivity contribution in [1.82, 2.24) is 9.62 Å². The van der Waals surface area contributed by atoms with E-state index in [2.05, 4.69) is 5.32 Å². The average molecular weight is 441 g/mol. The molecule has 0 aliphatic heterocycles. The lowest BCUT2D eigenvalue weighted by molar-refractivity contribution is -0.120. The zero-order valence-corrected chi connectivity index (χ0v) is 18.4. The number of carbonyl (C=O) groups is 1. The average Bonchev–Trinajstić information content (AvgIpc) is 2.69. The molecule has 0 fully saturated rings. The molecule has 1 amide bonds. The van der Waals surface area contributed by atoms with Gasteiger partial charge in [0.1, 0.15) is 0 Å². The van der Waals surface area contributed by atoms with Gasteiger partial charge in [-0.1, -0.05) is 37.6 Å². The molecule has 0 aliphatic rings. The topological polar surface area (TPSA) is 66.5 Å². The third-order valence-electron chi connectivity index (χ3n) is 4.17. The molecule has 0 unspecified atom stereocenters. The second-order valence-electron chi connectivity index (χ2n) is 6.06. The molecule has 0 bridgehead atoms. The smallest absolute Gasteiger partial charge is 0.243 e. The van der Waals surface area contributed by atoms with E-state index in [1.165, 1.54) is 4.31 Å². The van der Waals surface area contributed by atoms with Crippen molar-refractivity contribution in [3.63, 3.8) is 0 Å². The van der Waals surface area contributed by atoms with Crippen molar-refractivity contribution >= 4 is 39.3 Å². The van der Waals surface area contributed by atoms with Gasteiger partial charge in [0.05, 0.1) is 4.90 Å². The van der Waals surface area contributed by atoms with Crippen molar-refractivity contribution in [3.8, 4) is 0 Å². The van der Waals surface area contributed by atoms with Gasteiger partial charge in [0.15, 0.2) is 0 Å². The summed E-state index contributed by atoms with van der Waals surface area (Å²) in [5, 5.41) is 3.56. The molecule has 28 heavy (non-hydrogen) atoms. The number of sulfonamides is 1. The summed E-state index contributed by atoms with van der Waals surface area (Å²) in [6, 6.07) is 14.2. The normalized spacial score (nSPS) is 11.6. The summed E-state index contributed by atoms with van der Waals surface area (Å²) >= 11 is 7.45. The molecule has 2 rings (SSSR count). The zero-order chi connectivity index (χ0) is 20.6. The fourth-order valence-electron chi connectivity index (χ4n) is 2.57. The van der Waals surface area contributed by atoms with Crippen molar-refractivity contribution in [2.24, 2.45) is 0 Å². The number of benzene rings is 2. The first kappa shape index (κ1) is 22.7. The Labute approximate surface area is 176 Å². The predicted molar refractivity (Wildman–Crippen MR) is 115 cm³/mol. The first-order chi connectivity index (χ1) is 13.4. The Morgan fingerprint density at radius 1 is 1.04 bits per heavy atom. The molecule has 2 aromatic rings. The molecule has 2 aromatic carbocycles. The summed E-state index contributed by atoms with van der Waals surface area (Å²) in [5.41, 5.74) is 0.859. The van der Waals surface area contributed by atoms with Crippen molar-refractivity contribution in [2.75, 3.05) is 18.8 Å². The van der Waals surface area contributed by atoms with E-state index in [0.29, 0.717) is 36.8 Å². The molecule has 0 saturated heterocycles. The Kier molecular flexibility index (Phi) is 8.82. The number of hydrogen-bond acceptors (Lipinski definition) is 4. The number of thioether (sulfide) groups is 1. The fraction of sp³-hybridized carbons (Fsp3) is 0.350. The van der Waals surface area contributed by atoms with E-state index in [9.17, 15) is 13.2 Å². The maximum Gasteiger partial charge on any atom is 0.243 e. The summed E-state index contributed by atoms with van der Waals surface area (Å²) in [5.74, 6) is 0.635. The first-order valence-corrected chi connectivity index (χ1v) is 11.9. The van der Waals surface area contributed by atoms with Crippen molar-refractivity contribution < 1.29 is 13.2 Å². The van der Waals surface area contributed by atoms with Gasteiger partial charge < -0.3 is 5.32 Å². The van der Waals surface area contributed by atoms with Crippen LogP contribution in [0.5, 0.6) is 0 Å². The highest BCUT2D eigenvalue weighted by Crippen LogP contribution is 2.21. The van der Waals surface area contributed by atoms with Crippen molar-refractivity contribution in [1.29, 1.82) is 0 Å². The molecule has 152 valence electrons. The molecule has 0 radical (unpaired) electrons. The number of carbonyl (C=O) groups excluding carboxylic acids is 1.